The Labute approximate surface area is 101 Å². The van der Waals surface area contributed by atoms with E-state index < -0.39 is 5.97 Å². The molecular formula is C10H10N4O4. The number of carbonyl (C=O) groups excluding carboxylic acids is 2. The van der Waals surface area contributed by atoms with Crippen molar-refractivity contribution in [3.63, 3.8) is 0 Å². The lowest BCUT2D eigenvalue weighted by Crippen LogP contribution is -2.35. The predicted molar refractivity (Wildman–Crippen MR) is 55.3 cm³/mol. The SMILES string of the molecule is O=C(O)c1cn(CCN2C(=O)C3CC3C2=O)nn1. The van der Waals surface area contributed by atoms with Gasteiger partial charge in [-0.1, -0.05) is 5.21 Å². The molecule has 0 spiro atoms. The Hall–Kier alpha value is -2.25. The third-order valence-electron chi connectivity index (χ3n) is 3.27. The van der Waals surface area contributed by atoms with E-state index in [1.807, 2.05) is 0 Å². The Kier molecular flexibility index (Phi) is 2.19. The summed E-state index contributed by atoms with van der Waals surface area (Å²) in [6, 6.07) is 0. The molecule has 2 amide bonds. The summed E-state index contributed by atoms with van der Waals surface area (Å²) in [6.45, 7) is 0.476. The zero-order chi connectivity index (χ0) is 12.9. The van der Waals surface area contributed by atoms with Crippen molar-refractivity contribution < 1.29 is 19.5 Å². The van der Waals surface area contributed by atoms with Crippen LogP contribution in [0.2, 0.25) is 0 Å². The van der Waals surface area contributed by atoms with Gasteiger partial charge in [0.25, 0.3) is 0 Å². The fourth-order valence-electron chi connectivity index (χ4n) is 2.18. The Balaban J connectivity index is 1.62. The summed E-state index contributed by atoms with van der Waals surface area (Å²) in [7, 11) is 0. The molecule has 0 aromatic carbocycles. The summed E-state index contributed by atoms with van der Waals surface area (Å²) < 4.78 is 1.31. The molecule has 2 atom stereocenters. The quantitative estimate of drug-likeness (QED) is 0.686. The minimum absolute atomic E-state index is 0.108. The number of hydrogen-bond acceptors (Lipinski definition) is 5. The second kappa shape index (κ2) is 3.62. The molecule has 8 heteroatoms. The average Bonchev–Trinajstić information content (AvgIpc) is 2.92. The van der Waals surface area contributed by atoms with Crippen molar-refractivity contribution in [2.75, 3.05) is 6.54 Å². The fourth-order valence-corrected chi connectivity index (χ4v) is 2.18. The van der Waals surface area contributed by atoms with Gasteiger partial charge in [-0.15, -0.1) is 5.10 Å². The lowest BCUT2D eigenvalue weighted by Gasteiger charge is -2.15. The Morgan fingerprint density at radius 2 is 2.00 bits per heavy atom. The normalized spacial score (nSPS) is 25.4. The number of imide groups is 1. The van der Waals surface area contributed by atoms with Gasteiger partial charge in [-0.3, -0.25) is 14.5 Å². The number of rotatable bonds is 4. The molecule has 1 aliphatic carbocycles. The molecule has 2 aliphatic rings. The molecule has 1 aromatic heterocycles. The number of hydrogen-bond donors (Lipinski definition) is 1. The van der Waals surface area contributed by atoms with E-state index in [-0.39, 0.29) is 42.4 Å². The molecule has 18 heavy (non-hydrogen) atoms. The first-order valence-electron chi connectivity index (χ1n) is 5.56. The molecular weight excluding hydrogens is 240 g/mol. The van der Waals surface area contributed by atoms with Crippen LogP contribution in [-0.2, 0) is 16.1 Å². The van der Waals surface area contributed by atoms with Crippen molar-refractivity contribution in [2.45, 2.75) is 13.0 Å². The van der Waals surface area contributed by atoms with Crippen LogP contribution in [0.5, 0.6) is 0 Å². The van der Waals surface area contributed by atoms with Crippen molar-refractivity contribution in [1.82, 2.24) is 19.9 Å². The summed E-state index contributed by atoms with van der Waals surface area (Å²) in [4.78, 5) is 35.1. The first kappa shape index (κ1) is 10.9. The zero-order valence-electron chi connectivity index (χ0n) is 9.31. The molecule has 0 bridgehead atoms. The van der Waals surface area contributed by atoms with E-state index in [1.165, 1.54) is 15.8 Å². The van der Waals surface area contributed by atoms with Crippen LogP contribution >= 0.6 is 0 Å². The first-order valence-corrected chi connectivity index (χ1v) is 5.56. The van der Waals surface area contributed by atoms with Gasteiger partial charge in [-0.25, -0.2) is 9.48 Å². The third kappa shape index (κ3) is 1.57. The van der Waals surface area contributed by atoms with E-state index in [9.17, 15) is 14.4 Å². The van der Waals surface area contributed by atoms with Gasteiger partial charge in [-0.05, 0) is 6.42 Å². The fraction of sp³-hybridized carbons (Fsp3) is 0.500. The molecule has 1 aromatic rings. The maximum Gasteiger partial charge on any atom is 0.358 e. The second-order valence-electron chi connectivity index (χ2n) is 4.45. The van der Waals surface area contributed by atoms with Crippen molar-refractivity contribution in [2.24, 2.45) is 11.8 Å². The van der Waals surface area contributed by atoms with Crippen molar-refractivity contribution in [3.05, 3.63) is 11.9 Å². The molecule has 8 nitrogen and oxygen atoms in total. The van der Waals surface area contributed by atoms with E-state index in [0.29, 0.717) is 6.42 Å². The second-order valence-corrected chi connectivity index (χ2v) is 4.45. The Bertz CT molecular complexity index is 532. The monoisotopic (exact) mass is 250 g/mol. The minimum Gasteiger partial charge on any atom is -0.476 e. The number of carboxylic acid groups (broad SMARTS) is 1. The van der Waals surface area contributed by atoms with Crippen LogP contribution in [0.15, 0.2) is 6.20 Å². The molecule has 1 N–H and O–H groups in total. The van der Waals surface area contributed by atoms with Crippen LogP contribution in [0.4, 0.5) is 0 Å². The number of amides is 2. The van der Waals surface area contributed by atoms with Crippen LogP contribution in [0.3, 0.4) is 0 Å². The van der Waals surface area contributed by atoms with Gasteiger partial charge in [0.2, 0.25) is 11.8 Å². The highest BCUT2D eigenvalue weighted by molar-refractivity contribution is 6.08. The van der Waals surface area contributed by atoms with Crippen LogP contribution in [0, 0.1) is 11.8 Å². The van der Waals surface area contributed by atoms with E-state index in [4.69, 9.17) is 5.11 Å². The molecule has 0 radical (unpaired) electrons. The van der Waals surface area contributed by atoms with Gasteiger partial charge < -0.3 is 5.11 Å². The van der Waals surface area contributed by atoms with Crippen LogP contribution in [-0.4, -0.2) is 49.3 Å². The van der Waals surface area contributed by atoms with Crippen molar-refractivity contribution in [3.8, 4) is 0 Å². The topological polar surface area (TPSA) is 105 Å². The number of carbonyl (C=O) groups is 3. The number of likely N-dealkylation sites (tertiary alicyclic amines) is 1. The molecule has 1 saturated carbocycles. The third-order valence-corrected chi connectivity index (χ3v) is 3.27. The lowest BCUT2D eigenvalue weighted by molar-refractivity contribution is -0.141. The minimum atomic E-state index is -1.16. The summed E-state index contributed by atoms with van der Waals surface area (Å²) in [5.74, 6) is -1.62. The van der Waals surface area contributed by atoms with Gasteiger partial charge in [-0.2, -0.15) is 0 Å². The number of aromatic nitrogens is 3. The van der Waals surface area contributed by atoms with E-state index in [0.717, 1.165) is 0 Å². The molecule has 2 unspecified atom stereocenters. The molecule has 1 aliphatic heterocycles. The van der Waals surface area contributed by atoms with Crippen molar-refractivity contribution in [1.29, 1.82) is 0 Å². The highest BCUT2D eigenvalue weighted by Gasteiger charge is 2.58. The number of piperidine rings is 1. The Morgan fingerprint density at radius 1 is 1.33 bits per heavy atom. The highest BCUT2D eigenvalue weighted by Crippen LogP contribution is 2.46. The molecule has 94 valence electrons. The van der Waals surface area contributed by atoms with Gasteiger partial charge in [0.05, 0.1) is 24.6 Å². The molecule has 1 saturated heterocycles. The van der Waals surface area contributed by atoms with Gasteiger partial charge in [0, 0.05) is 6.54 Å². The number of carboxylic acids is 1. The number of aromatic carboxylic acids is 1. The van der Waals surface area contributed by atoms with E-state index >= 15 is 0 Å². The molecule has 3 rings (SSSR count). The van der Waals surface area contributed by atoms with E-state index in [2.05, 4.69) is 10.3 Å². The zero-order valence-corrected chi connectivity index (χ0v) is 9.31. The maximum atomic E-state index is 11.7. The highest BCUT2D eigenvalue weighted by atomic mass is 16.4. The maximum absolute atomic E-state index is 11.7. The average molecular weight is 250 g/mol. The number of nitrogens with zero attached hydrogens (tertiary/aromatic N) is 4. The Morgan fingerprint density at radius 3 is 2.56 bits per heavy atom. The lowest BCUT2D eigenvalue weighted by atomic mass is 10.4. The summed E-state index contributed by atoms with van der Waals surface area (Å²) >= 11 is 0. The predicted octanol–water partition coefficient (Wildman–Crippen LogP) is -1.02. The largest absolute Gasteiger partial charge is 0.476 e. The van der Waals surface area contributed by atoms with Gasteiger partial charge in [0.1, 0.15) is 0 Å². The van der Waals surface area contributed by atoms with Crippen molar-refractivity contribution >= 4 is 17.8 Å². The summed E-state index contributed by atoms with van der Waals surface area (Å²) in [5, 5.41) is 15.7. The summed E-state index contributed by atoms with van der Waals surface area (Å²) in [6.07, 6.45) is 1.95. The van der Waals surface area contributed by atoms with E-state index in [1.54, 1.807) is 0 Å². The van der Waals surface area contributed by atoms with Crippen LogP contribution in [0.1, 0.15) is 16.9 Å². The van der Waals surface area contributed by atoms with Crippen LogP contribution in [0.25, 0.3) is 0 Å². The summed E-state index contributed by atoms with van der Waals surface area (Å²) in [5.41, 5.74) is -0.156. The molecule has 2 heterocycles. The van der Waals surface area contributed by atoms with Gasteiger partial charge >= 0.3 is 5.97 Å². The smallest absolute Gasteiger partial charge is 0.358 e. The first-order chi connectivity index (χ1) is 8.58. The van der Waals surface area contributed by atoms with Gasteiger partial charge in [0.15, 0.2) is 5.69 Å². The number of fused-ring (bicyclic) bond motifs is 1. The van der Waals surface area contributed by atoms with Crippen LogP contribution < -0.4 is 0 Å². The molecule has 2 fully saturated rings. The standard InChI is InChI=1S/C10H10N4O4/c15-8-5-3-6(5)9(16)14(8)2-1-13-4-7(10(17)18)11-12-13/h4-6H,1-3H2,(H,17,18).